The second kappa shape index (κ2) is 6.90. The van der Waals surface area contributed by atoms with Crippen molar-refractivity contribution in [2.45, 2.75) is 13.5 Å². The van der Waals surface area contributed by atoms with Crippen molar-refractivity contribution in [2.75, 3.05) is 30.6 Å². The second-order valence-corrected chi connectivity index (χ2v) is 6.61. The minimum absolute atomic E-state index is 0.121. The van der Waals surface area contributed by atoms with Crippen LogP contribution in [0.1, 0.15) is 12.5 Å². The summed E-state index contributed by atoms with van der Waals surface area (Å²) in [6.45, 7) is 2.62. The van der Waals surface area contributed by atoms with Crippen LogP contribution >= 0.6 is 12.2 Å². The largest absolute Gasteiger partial charge is 0.493 e. The Balaban J connectivity index is 1.92. The molecule has 146 valence electrons. The van der Waals surface area contributed by atoms with Gasteiger partial charge in [0.2, 0.25) is 0 Å². The van der Waals surface area contributed by atoms with E-state index in [2.05, 4.69) is 9.97 Å². The number of halogens is 2. The van der Waals surface area contributed by atoms with Gasteiger partial charge in [0.1, 0.15) is 11.3 Å². The van der Waals surface area contributed by atoms with Crippen LogP contribution < -0.4 is 19.3 Å². The highest BCUT2D eigenvalue weighted by Crippen LogP contribution is 2.42. The summed E-state index contributed by atoms with van der Waals surface area (Å²) in [7, 11) is 2.63. The molecule has 28 heavy (non-hydrogen) atoms. The van der Waals surface area contributed by atoms with Crippen molar-refractivity contribution in [3.8, 4) is 11.5 Å². The molecule has 0 atom stereocenters. The first-order valence-corrected chi connectivity index (χ1v) is 9.06. The monoisotopic (exact) mass is 404 g/mol. The van der Waals surface area contributed by atoms with Crippen LogP contribution in [-0.4, -0.2) is 35.8 Å². The minimum Gasteiger partial charge on any atom is -0.493 e. The summed E-state index contributed by atoms with van der Waals surface area (Å²) in [5.41, 5.74) is 2.13. The zero-order valence-electron chi connectivity index (χ0n) is 15.5. The third-order valence-electron chi connectivity index (χ3n) is 4.83. The summed E-state index contributed by atoms with van der Waals surface area (Å²) in [5, 5.41) is 1.20. The van der Waals surface area contributed by atoms with Crippen LogP contribution in [0.25, 0.3) is 11.0 Å². The lowest BCUT2D eigenvalue weighted by Gasteiger charge is -2.39. The standard InChI is InChI=1S/C19H18F2N4O2S/c1-4-24-16-10(8-23-18-11(16)5-6-22-18)9-25(19(24)28)17-14(20)12(26-2)7-13(27-3)15(17)21/h5-8H,4,9H2,1-3H3,(H,22,23). The van der Waals surface area contributed by atoms with Crippen LogP contribution in [0.3, 0.4) is 0 Å². The highest BCUT2D eigenvalue weighted by atomic mass is 32.1. The number of nitrogens with one attached hydrogen (secondary N) is 1. The predicted molar refractivity (Wildman–Crippen MR) is 107 cm³/mol. The first-order chi connectivity index (χ1) is 13.5. The molecule has 0 bridgehead atoms. The number of aromatic amines is 1. The Morgan fingerprint density at radius 3 is 2.46 bits per heavy atom. The first-order valence-electron chi connectivity index (χ1n) is 8.65. The van der Waals surface area contributed by atoms with Crippen LogP contribution in [0.15, 0.2) is 24.5 Å². The minimum atomic E-state index is -0.835. The predicted octanol–water partition coefficient (Wildman–Crippen LogP) is 3.99. The van der Waals surface area contributed by atoms with Gasteiger partial charge in [-0.3, -0.25) is 0 Å². The molecule has 0 spiro atoms. The fraction of sp³-hybridized carbons (Fsp3) is 0.263. The maximum absolute atomic E-state index is 15.1. The first kappa shape index (κ1) is 18.4. The van der Waals surface area contributed by atoms with Crippen molar-refractivity contribution in [3.05, 3.63) is 41.7 Å². The summed E-state index contributed by atoms with van der Waals surface area (Å²) >= 11 is 5.63. The Bertz CT molecular complexity index is 1060. The quantitative estimate of drug-likeness (QED) is 0.664. The molecule has 0 unspecified atom stereocenters. The van der Waals surface area contributed by atoms with Gasteiger partial charge in [0, 0.05) is 36.0 Å². The lowest BCUT2D eigenvalue weighted by molar-refractivity contribution is 0.359. The number of aromatic nitrogens is 2. The van der Waals surface area contributed by atoms with Crippen molar-refractivity contribution >= 4 is 39.7 Å². The van der Waals surface area contributed by atoms with Gasteiger partial charge in [0.15, 0.2) is 28.2 Å². The van der Waals surface area contributed by atoms with Gasteiger partial charge in [-0.15, -0.1) is 0 Å². The van der Waals surface area contributed by atoms with Crippen LogP contribution in [0.5, 0.6) is 11.5 Å². The number of nitrogens with zero attached hydrogens (tertiary/aromatic N) is 3. The number of benzene rings is 1. The Morgan fingerprint density at radius 1 is 1.18 bits per heavy atom. The Morgan fingerprint density at radius 2 is 1.86 bits per heavy atom. The molecule has 0 aliphatic carbocycles. The number of H-pyrrole nitrogens is 1. The van der Waals surface area contributed by atoms with Crippen molar-refractivity contribution < 1.29 is 18.3 Å². The number of hydrogen-bond donors (Lipinski definition) is 1. The average molecular weight is 404 g/mol. The van der Waals surface area contributed by atoms with Crippen molar-refractivity contribution in [3.63, 3.8) is 0 Å². The molecule has 0 saturated heterocycles. The molecular weight excluding hydrogens is 386 g/mol. The fourth-order valence-electron chi connectivity index (χ4n) is 3.53. The van der Waals surface area contributed by atoms with E-state index < -0.39 is 11.6 Å². The van der Waals surface area contributed by atoms with E-state index in [0.717, 1.165) is 22.3 Å². The van der Waals surface area contributed by atoms with E-state index in [-0.39, 0.29) is 28.8 Å². The highest BCUT2D eigenvalue weighted by Gasteiger charge is 2.34. The highest BCUT2D eigenvalue weighted by molar-refractivity contribution is 7.80. The number of hydrogen-bond acceptors (Lipinski definition) is 4. The zero-order valence-corrected chi connectivity index (χ0v) is 16.4. The van der Waals surface area contributed by atoms with Crippen molar-refractivity contribution in [1.82, 2.24) is 9.97 Å². The molecule has 1 aromatic carbocycles. The van der Waals surface area contributed by atoms with E-state index in [4.69, 9.17) is 21.7 Å². The summed E-state index contributed by atoms with van der Waals surface area (Å²) in [6, 6.07) is 3.09. The van der Waals surface area contributed by atoms with Gasteiger partial charge in [0.05, 0.1) is 26.5 Å². The maximum Gasteiger partial charge on any atom is 0.192 e. The van der Waals surface area contributed by atoms with E-state index in [1.165, 1.54) is 25.2 Å². The molecule has 1 N–H and O–H groups in total. The maximum atomic E-state index is 15.1. The van der Waals surface area contributed by atoms with Gasteiger partial charge in [-0.1, -0.05) is 0 Å². The van der Waals surface area contributed by atoms with Crippen LogP contribution in [-0.2, 0) is 6.54 Å². The molecule has 6 nitrogen and oxygen atoms in total. The number of pyridine rings is 1. The number of thiocarbonyl (C=S) groups is 1. The van der Waals surface area contributed by atoms with E-state index in [1.54, 1.807) is 12.4 Å². The third-order valence-corrected chi connectivity index (χ3v) is 5.27. The van der Waals surface area contributed by atoms with E-state index in [9.17, 15) is 0 Å². The molecule has 1 aliphatic heterocycles. The summed E-state index contributed by atoms with van der Waals surface area (Å²) in [6.07, 6.45) is 3.49. The Hall–Kier alpha value is -2.94. The number of methoxy groups -OCH3 is 2. The molecule has 3 aromatic rings. The van der Waals surface area contributed by atoms with E-state index in [0.29, 0.717) is 6.54 Å². The summed E-state index contributed by atoms with van der Waals surface area (Å²) in [5.74, 6) is -1.91. The van der Waals surface area contributed by atoms with Crippen LogP contribution in [0.4, 0.5) is 20.2 Å². The van der Waals surface area contributed by atoms with Gasteiger partial charge in [-0.25, -0.2) is 13.8 Å². The Labute approximate surface area is 165 Å². The van der Waals surface area contributed by atoms with Crippen molar-refractivity contribution in [1.29, 1.82) is 0 Å². The topological polar surface area (TPSA) is 53.6 Å². The number of ether oxygens (including phenoxy) is 2. The van der Waals surface area contributed by atoms with Crippen LogP contribution in [0.2, 0.25) is 0 Å². The second-order valence-electron chi connectivity index (χ2n) is 6.24. The van der Waals surface area contributed by atoms with Gasteiger partial charge in [0.25, 0.3) is 0 Å². The zero-order chi connectivity index (χ0) is 20.0. The smallest absolute Gasteiger partial charge is 0.192 e. The Kier molecular flexibility index (Phi) is 4.54. The molecule has 4 rings (SSSR count). The van der Waals surface area contributed by atoms with Gasteiger partial charge in [-0.05, 0) is 25.2 Å². The van der Waals surface area contributed by atoms with Gasteiger partial charge in [-0.2, -0.15) is 0 Å². The average Bonchev–Trinajstić information content (AvgIpc) is 3.18. The molecule has 1 aliphatic rings. The molecular formula is C19H18F2N4O2S. The molecule has 9 heteroatoms. The summed E-state index contributed by atoms with van der Waals surface area (Å²) in [4.78, 5) is 10.7. The van der Waals surface area contributed by atoms with Crippen LogP contribution in [0, 0.1) is 11.6 Å². The molecule has 2 aromatic heterocycles. The number of fused-ring (bicyclic) bond motifs is 3. The lowest BCUT2D eigenvalue weighted by atomic mass is 10.1. The van der Waals surface area contributed by atoms with Gasteiger partial charge < -0.3 is 24.3 Å². The van der Waals surface area contributed by atoms with E-state index >= 15 is 8.78 Å². The summed E-state index contributed by atoms with van der Waals surface area (Å²) < 4.78 is 40.2. The lowest BCUT2D eigenvalue weighted by Crippen LogP contribution is -2.48. The third kappa shape index (κ3) is 2.57. The SMILES string of the molecule is CCN1C(=S)N(c2c(F)c(OC)cc(OC)c2F)Cc2cnc3[nH]ccc3c21. The van der Waals surface area contributed by atoms with Gasteiger partial charge >= 0.3 is 0 Å². The normalized spacial score (nSPS) is 13.8. The van der Waals surface area contributed by atoms with E-state index in [1.807, 2.05) is 17.9 Å². The number of rotatable bonds is 4. The molecule has 0 saturated carbocycles. The molecule has 0 radical (unpaired) electrons. The molecule has 3 heterocycles. The molecule has 0 fully saturated rings. The fourth-order valence-corrected chi connectivity index (χ4v) is 3.90. The van der Waals surface area contributed by atoms with Crippen molar-refractivity contribution in [2.24, 2.45) is 0 Å². The number of anilines is 2. The molecule has 0 amide bonds.